The van der Waals surface area contributed by atoms with Gasteiger partial charge >= 0.3 is 12.1 Å². The van der Waals surface area contributed by atoms with Gasteiger partial charge in [0.1, 0.15) is 6.61 Å². The van der Waals surface area contributed by atoms with E-state index in [-0.39, 0.29) is 42.9 Å². The monoisotopic (exact) mass is 477 g/mol. The molecule has 3 N–H and O–H groups in total. The molecule has 1 aromatic heterocycles. The molecule has 0 fully saturated rings. The highest BCUT2D eigenvalue weighted by molar-refractivity contribution is 5.92. The minimum Gasteiger partial charge on any atom is -0.481 e. The van der Waals surface area contributed by atoms with Crippen LogP contribution in [0.2, 0.25) is 0 Å². The van der Waals surface area contributed by atoms with E-state index in [4.69, 9.17) is 14.4 Å². The highest BCUT2D eigenvalue weighted by atomic mass is 16.5. The van der Waals surface area contributed by atoms with Crippen LogP contribution >= 0.6 is 0 Å². The fraction of sp³-hybridized carbons (Fsp3) is 0.308. The van der Waals surface area contributed by atoms with E-state index in [1.165, 1.54) is 6.07 Å². The van der Waals surface area contributed by atoms with E-state index >= 15 is 0 Å². The van der Waals surface area contributed by atoms with Crippen molar-refractivity contribution in [2.45, 2.75) is 38.8 Å². The number of aliphatic carboxylic acids is 1. The van der Waals surface area contributed by atoms with Gasteiger partial charge in [-0.3, -0.25) is 9.59 Å². The lowest BCUT2D eigenvalue weighted by Crippen LogP contribution is -2.40. The smallest absolute Gasteiger partial charge is 0.407 e. The van der Waals surface area contributed by atoms with Gasteiger partial charge in [0, 0.05) is 18.0 Å². The summed E-state index contributed by atoms with van der Waals surface area (Å²) < 4.78 is 10.6. The molecule has 0 radical (unpaired) electrons. The second-order valence-corrected chi connectivity index (χ2v) is 8.78. The standard InChI is InChI=1S/C26H27N3O6/c1-15(2)22(12-24(30)31)28-25(32)23-11-16(35-29-23)13-27-26(33)34-14-21-19-9-5-3-7-17(19)18-8-4-6-10-20(18)21/h3-11,15,21-22H,12-14H2,1-2H3,(H,27,33)(H,28,32)(H,30,31)/t22-/m1/s1. The first-order valence-corrected chi connectivity index (χ1v) is 11.4. The lowest BCUT2D eigenvalue weighted by atomic mass is 9.98. The van der Waals surface area contributed by atoms with Crippen LogP contribution in [0.5, 0.6) is 0 Å². The molecule has 0 saturated carbocycles. The first kappa shape index (κ1) is 24.0. The maximum Gasteiger partial charge on any atom is 0.407 e. The molecule has 9 heteroatoms. The Bertz CT molecular complexity index is 1190. The average molecular weight is 478 g/mol. The van der Waals surface area contributed by atoms with Crippen molar-refractivity contribution in [3.05, 3.63) is 77.2 Å². The van der Waals surface area contributed by atoms with Gasteiger partial charge in [-0.1, -0.05) is 67.5 Å². The van der Waals surface area contributed by atoms with Gasteiger partial charge in [0.25, 0.3) is 5.91 Å². The molecule has 1 heterocycles. The number of nitrogens with zero attached hydrogens (tertiary/aromatic N) is 1. The van der Waals surface area contributed by atoms with E-state index in [2.05, 4.69) is 27.9 Å². The van der Waals surface area contributed by atoms with Crippen LogP contribution in [-0.2, 0) is 16.1 Å². The fourth-order valence-electron chi connectivity index (χ4n) is 4.20. The van der Waals surface area contributed by atoms with Crippen LogP contribution in [0.4, 0.5) is 4.79 Å². The average Bonchev–Trinajstić information content (AvgIpc) is 3.44. The van der Waals surface area contributed by atoms with Crippen molar-refractivity contribution in [3.63, 3.8) is 0 Å². The van der Waals surface area contributed by atoms with Crippen molar-refractivity contribution in [2.75, 3.05) is 6.61 Å². The van der Waals surface area contributed by atoms with Crippen LogP contribution in [-0.4, -0.2) is 40.9 Å². The highest BCUT2D eigenvalue weighted by Crippen LogP contribution is 2.44. The zero-order valence-corrected chi connectivity index (χ0v) is 19.5. The number of fused-ring (bicyclic) bond motifs is 3. The Kier molecular flexibility index (Phi) is 7.14. The number of carbonyl (C=O) groups excluding carboxylic acids is 2. The second-order valence-electron chi connectivity index (χ2n) is 8.78. The Labute approximate surface area is 202 Å². The number of nitrogens with one attached hydrogen (secondary N) is 2. The molecule has 0 aliphatic heterocycles. The minimum absolute atomic E-state index is 0.00498. The number of amides is 2. The molecule has 1 aliphatic rings. The number of rotatable bonds is 9. The molecule has 3 aromatic rings. The SMILES string of the molecule is CC(C)[C@@H](CC(=O)O)NC(=O)c1cc(CNC(=O)OCC2c3ccccc3-c3ccccc32)on1. The summed E-state index contributed by atoms with van der Waals surface area (Å²) >= 11 is 0. The van der Waals surface area contributed by atoms with E-state index in [9.17, 15) is 14.4 Å². The lowest BCUT2D eigenvalue weighted by molar-refractivity contribution is -0.137. The van der Waals surface area contributed by atoms with Crippen LogP contribution in [0.15, 0.2) is 59.1 Å². The maximum atomic E-state index is 12.4. The number of hydrogen-bond donors (Lipinski definition) is 3. The van der Waals surface area contributed by atoms with Gasteiger partial charge in [-0.15, -0.1) is 0 Å². The van der Waals surface area contributed by atoms with Crippen molar-refractivity contribution >= 4 is 18.0 Å². The van der Waals surface area contributed by atoms with Gasteiger partial charge in [0.15, 0.2) is 11.5 Å². The van der Waals surface area contributed by atoms with Crippen LogP contribution in [0.3, 0.4) is 0 Å². The Morgan fingerprint density at radius 3 is 2.29 bits per heavy atom. The fourth-order valence-corrected chi connectivity index (χ4v) is 4.20. The van der Waals surface area contributed by atoms with E-state index < -0.39 is 24.0 Å². The molecular formula is C26H27N3O6. The number of hydrogen-bond acceptors (Lipinski definition) is 6. The van der Waals surface area contributed by atoms with Crippen LogP contribution in [0.25, 0.3) is 11.1 Å². The predicted octanol–water partition coefficient (Wildman–Crippen LogP) is 3.94. The third kappa shape index (κ3) is 5.51. The summed E-state index contributed by atoms with van der Waals surface area (Å²) in [6.07, 6.45) is -0.812. The van der Waals surface area contributed by atoms with Crippen molar-refractivity contribution in [1.29, 1.82) is 0 Å². The van der Waals surface area contributed by atoms with Crippen molar-refractivity contribution in [1.82, 2.24) is 15.8 Å². The summed E-state index contributed by atoms with van der Waals surface area (Å²) in [4.78, 5) is 35.7. The zero-order valence-electron chi connectivity index (χ0n) is 19.5. The van der Waals surface area contributed by atoms with Gasteiger partial charge < -0.3 is 25.0 Å². The minimum atomic E-state index is -1.00. The first-order chi connectivity index (χ1) is 16.8. The van der Waals surface area contributed by atoms with Crippen LogP contribution in [0, 0.1) is 5.92 Å². The molecule has 0 spiro atoms. The molecule has 9 nitrogen and oxygen atoms in total. The van der Waals surface area contributed by atoms with Gasteiger partial charge in [-0.2, -0.15) is 0 Å². The van der Waals surface area contributed by atoms with E-state index in [1.54, 1.807) is 0 Å². The van der Waals surface area contributed by atoms with Crippen molar-refractivity contribution in [3.8, 4) is 11.1 Å². The molecule has 0 unspecified atom stereocenters. The summed E-state index contributed by atoms with van der Waals surface area (Å²) in [6, 6.07) is 17.0. The molecule has 2 aromatic carbocycles. The number of ether oxygens (including phenoxy) is 1. The topological polar surface area (TPSA) is 131 Å². The van der Waals surface area contributed by atoms with Crippen molar-refractivity contribution < 1.29 is 28.8 Å². The summed E-state index contributed by atoms with van der Waals surface area (Å²) in [5.41, 5.74) is 4.54. The van der Waals surface area contributed by atoms with Gasteiger partial charge in [0.2, 0.25) is 0 Å². The second kappa shape index (κ2) is 10.4. The van der Waals surface area contributed by atoms with Crippen molar-refractivity contribution in [2.24, 2.45) is 5.92 Å². The van der Waals surface area contributed by atoms with Crippen LogP contribution in [0.1, 0.15) is 53.6 Å². The third-order valence-electron chi connectivity index (χ3n) is 6.06. The number of aromatic nitrogens is 1. The van der Waals surface area contributed by atoms with Gasteiger partial charge in [-0.25, -0.2) is 4.79 Å². The third-order valence-corrected chi connectivity index (χ3v) is 6.06. The normalized spacial score (nSPS) is 13.1. The van der Waals surface area contributed by atoms with Gasteiger partial charge in [0.05, 0.1) is 13.0 Å². The number of alkyl carbamates (subject to hydrolysis) is 1. The lowest BCUT2D eigenvalue weighted by Gasteiger charge is -2.19. The zero-order chi connectivity index (χ0) is 24.9. The molecule has 4 rings (SSSR count). The summed E-state index contributed by atoms with van der Waals surface area (Å²) in [6.45, 7) is 3.81. The quantitative estimate of drug-likeness (QED) is 0.425. The molecule has 0 bridgehead atoms. The Morgan fingerprint density at radius 2 is 1.69 bits per heavy atom. The molecule has 1 atom stereocenters. The molecule has 2 amide bonds. The van der Waals surface area contributed by atoms with Crippen LogP contribution < -0.4 is 10.6 Å². The molecule has 1 aliphatic carbocycles. The summed E-state index contributed by atoms with van der Waals surface area (Å²) in [5.74, 6) is -1.40. The highest BCUT2D eigenvalue weighted by Gasteiger charge is 2.29. The predicted molar refractivity (Wildman–Crippen MR) is 127 cm³/mol. The summed E-state index contributed by atoms with van der Waals surface area (Å²) in [7, 11) is 0. The van der Waals surface area contributed by atoms with E-state index in [1.807, 2.05) is 50.2 Å². The molecular weight excluding hydrogens is 450 g/mol. The largest absolute Gasteiger partial charge is 0.481 e. The number of carbonyl (C=O) groups is 3. The first-order valence-electron chi connectivity index (χ1n) is 11.4. The molecule has 0 saturated heterocycles. The Morgan fingerprint density at radius 1 is 1.06 bits per heavy atom. The Hall–Kier alpha value is -4.14. The molecule has 35 heavy (non-hydrogen) atoms. The molecule has 182 valence electrons. The maximum absolute atomic E-state index is 12.4. The number of carboxylic acids is 1. The van der Waals surface area contributed by atoms with Gasteiger partial charge in [-0.05, 0) is 28.2 Å². The van der Waals surface area contributed by atoms with E-state index in [0.717, 1.165) is 22.3 Å². The number of carboxylic acid groups (broad SMARTS) is 1. The Balaban J connectivity index is 1.30. The number of benzene rings is 2. The summed E-state index contributed by atoms with van der Waals surface area (Å²) in [5, 5.41) is 18.0. The van der Waals surface area contributed by atoms with E-state index in [0.29, 0.717) is 0 Å².